The molecule has 21 heavy (non-hydrogen) atoms. The molecule has 0 aliphatic carbocycles. The molecular weight excluding hydrogens is 268 g/mol. The molecule has 1 unspecified atom stereocenters. The highest BCUT2D eigenvalue weighted by molar-refractivity contribution is 6.00. The van der Waals surface area contributed by atoms with Gasteiger partial charge < -0.3 is 14.6 Å². The third-order valence-corrected chi connectivity index (χ3v) is 3.27. The van der Waals surface area contributed by atoms with Crippen LogP contribution in [0.15, 0.2) is 42.5 Å². The van der Waals surface area contributed by atoms with Gasteiger partial charge in [-0.05, 0) is 24.6 Å². The summed E-state index contributed by atoms with van der Waals surface area (Å²) in [6.45, 7) is 1.94. The van der Waals surface area contributed by atoms with Crippen LogP contribution in [0.4, 0.5) is 0 Å². The number of rotatable bonds is 5. The Morgan fingerprint density at radius 2 is 1.52 bits per heavy atom. The molecule has 4 nitrogen and oxygen atoms in total. The normalized spacial score (nSPS) is 11.8. The highest BCUT2D eigenvalue weighted by atomic mass is 16.5. The van der Waals surface area contributed by atoms with Gasteiger partial charge in [-0.1, -0.05) is 29.8 Å². The second kappa shape index (κ2) is 6.41. The number of aliphatic hydroxyl groups excluding tert-OH is 1. The van der Waals surface area contributed by atoms with E-state index in [0.29, 0.717) is 22.6 Å². The molecule has 4 heteroatoms. The van der Waals surface area contributed by atoms with E-state index in [2.05, 4.69) is 0 Å². The van der Waals surface area contributed by atoms with Crippen LogP contribution in [0.2, 0.25) is 0 Å². The summed E-state index contributed by atoms with van der Waals surface area (Å²) in [5, 5.41) is 10.3. The maximum atomic E-state index is 12.3. The van der Waals surface area contributed by atoms with E-state index in [9.17, 15) is 9.90 Å². The molecule has 0 aliphatic rings. The van der Waals surface area contributed by atoms with Crippen LogP contribution >= 0.6 is 0 Å². The second-order valence-corrected chi connectivity index (χ2v) is 4.78. The molecular formula is C17H18O4. The lowest BCUT2D eigenvalue weighted by molar-refractivity contribution is 0.0747. The highest BCUT2D eigenvalue weighted by Crippen LogP contribution is 2.28. The van der Waals surface area contributed by atoms with Crippen molar-refractivity contribution in [2.75, 3.05) is 14.2 Å². The molecule has 0 aliphatic heterocycles. The van der Waals surface area contributed by atoms with E-state index in [-0.39, 0.29) is 5.78 Å². The van der Waals surface area contributed by atoms with Gasteiger partial charge in [0.25, 0.3) is 0 Å². The predicted molar refractivity (Wildman–Crippen MR) is 80.0 cm³/mol. The zero-order valence-corrected chi connectivity index (χ0v) is 12.3. The fourth-order valence-electron chi connectivity index (χ4n) is 2.01. The molecule has 2 rings (SSSR count). The van der Waals surface area contributed by atoms with E-state index >= 15 is 0 Å². The number of carbonyl (C=O) groups excluding carboxylic acids is 1. The molecule has 1 atom stereocenters. The van der Waals surface area contributed by atoms with Crippen LogP contribution < -0.4 is 9.47 Å². The summed E-state index contributed by atoms with van der Waals surface area (Å²) >= 11 is 0. The first kappa shape index (κ1) is 15.1. The molecule has 2 aromatic rings. The molecule has 0 saturated heterocycles. The van der Waals surface area contributed by atoms with E-state index in [1.54, 1.807) is 30.3 Å². The Hall–Kier alpha value is -2.33. The van der Waals surface area contributed by atoms with Gasteiger partial charge >= 0.3 is 0 Å². The SMILES string of the molecule is COc1cc(OC)cc(C(O)C(=O)c2ccc(C)cc2)c1. The minimum Gasteiger partial charge on any atom is -0.497 e. The number of ether oxygens (including phenoxy) is 2. The molecule has 0 amide bonds. The fraction of sp³-hybridized carbons (Fsp3) is 0.235. The first-order valence-electron chi connectivity index (χ1n) is 6.57. The number of ketones is 1. The van der Waals surface area contributed by atoms with Gasteiger partial charge in [0.15, 0.2) is 5.78 Å². The van der Waals surface area contributed by atoms with Gasteiger partial charge in [0.05, 0.1) is 14.2 Å². The third-order valence-electron chi connectivity index (χ3n) is 3.27. The van der Waals surface area contributed by atoms with Gasteiger partial charge in [0.1, 0.15) is 17.6 Å². The average molecular weight is 286 g/mol. The lowest BCUT2D eigenvalue weighted by Crippen LogP contribution is -2.12. The van der Waals surface area contributed by atoms with E-state index < -0.39 is 6.10 Å². The Bertz CT molecular complexity index is 609. The largest absolute Gasteiger partial charge is 0.497 e. The molecule has 0 radical (unpaired) electrons. The summed E-state index contributed by atoms with van der Waals surface area (Å²) in [6.07, 6.45) is -1.25. The van der Waals surface area contributed by atoms with Crippen LogP contribution in [-0.2, 0) is 0 Å². The van der Waals surface area contributed by atoms with Crippen LogP contribution in [-0.4, -0.2) is 25.1 Å². The van der Waals surface area contributed by atoms with Crippen molar-refractivity contribution in [1.82, 2.24) is 0 Å². The van der Waals surface area contributed by atoms with E-state index in [0.717, 1.165) is 5.56 Å². The number of benzene rings is 2. The van der Waals surface area contributed by atoms with Gasteiger partial charge in [-0.2, -0.15) is 0 Å². The Balaban J connectivity index is 2.32. The summed E-state index contributed by atoms with van der Waals surface area (Å²) in [5.41, 5.74) is 1.97. The maximum absolute atomic E-state index is 12.3. The monoisotopic (exact) mass is 286 g/mol. The summed E-state index contributed by atoms with van der Waals surface area (Å²) in [7, 11) is 3.04. The van der Waals surface area contributed by atoms with Gasteiger partial charge in [-0.15, -0.1) is 0 Å². The maximum Gasteiger partial charge on any atom is 0.195 e. The fourth-order valence-corrected chi connectivity index (χ4v) is 2.01. The molecule has 110 valence electrons. The molecule has 0 bridgehead atoms. The smallest absolute Gasteiger partial charge is 0.195 e. The average Bonchev–Trinajstić information content (AvgIpc) is 2.53. The first-order chi connectivity index (χ1) is 10.0. The second-order valence-electron chi connectivity index (χ2n) is 4.78. The quantitative estimate of drug-likeness (QED) is 0.859. The molecule has 1 N–H and O–H groups in total. The number of aliphatic hydroxyl groups is 1. The van der Waals surface area contributed by atoms with Gasteiger partial charge in [-0.25, -0.2) is 0 Å². The zero-order chi connectivity index (χ0) is 15.4. The minimum absolute atomic E-state index is 0.356. The van der Waals surface area contributed by atoms with Crippen molar-refractivity contribution in [3.8, 4) is 11.5 Å². The van der Waals surface area contributed by atoms with Crippen molar-refractivity contribution in [3.05, 3.63) is 59.2 Å². The summed E-state index contributed by atoms with van der Waals surface area (Å²) in [5.74, 6) is 0.700. The molecule has 0 spiro atoms. The summed E-state index contributed by atoms with van der Waals surface area (Å²) < 4.78 is 10.3. The number of hydrogen-bond donors (Lipinski definition) is 1. The molecule has 0 saturated carbocycles. The minimum atomic E-state index is -1.25. The van der Waals surface area contributed by atoms with E-state index in [1.807, 2.05) is 19.1 Å². The van der Waals surface area contributed by atoms with Crippen LogP contribution in [0.3, 0.4) is 0 Å². The first-order valence-corrected chi connectivity index (χ1v) is 6.57. The third kappa shape index (κ3) is 3.41. The molecule has 0 heterocycles. The molecule has 0 fully saturated rings. The number of Topliss-reactive ketones (excluding diaryl/α,β-unsaturated/α-hetero) is 1. The Labute approximate surface area is 123 Å². The topological polar surface area (TPSA) is 55.8 Å². The number of aryl methyl sites for hydroxylation is 1. The highest BCUT2D eigenvalue weighted by Gasteiger charge is 2.20. The number of carbonyl (C=O) groups is 1. The lowest BCUT2D eigenvalue weighted by Gasteiger charge is -2.13. The van der Waals surface area contributed by atoms with Gasteiger partial charge in [0, 0.05) is 11.6 Å². The zero-order valence-electron chi connectivity index (χ0n) is 12.3. The Kier molecular flexibility index (Phi) is 4.60. The van der Waals surface area contributed by atoms with E-state index in [4.69, 9.17) is 9.47 Å². The van der Waals surface area contributed by atoms with Crippen LogP contribution in [0.25, 0.3) is 0 Å². The van der Waals surface area contributed by atoms with Crippen LogP contribution in [0.1, 0.15) is 27.6 Å². The van der Waals surface area contributed by atoms with Gasteiger partial charge in [0.2, 0.25) is 0 Å². The molecule has 2 aromatic carbocycles. The Morgan fingerprint density at radius 1 is 1.00 bits per heavy atom. The number of hydrogen-bond acceptors (Lipinski definition) is 4. The van der Waals surface area contributed by atoms with Gasteiger partial charge in [-0.3, -0.25) is 4.79 Å². The lowest BCUT2D eigenvalue weighted by atomic mass is 9.99. The van der Waals surface area contributed by atoms with Crippen molar-refractivity contribution < 1.29 is 19.4 Å². The van der Waals surface area contributed by atoms with Crippen molar-refractivity contribution in [2.45, 2.75) is 13.0 Å². The predicted octanol–water partition coefficient (Wildman–Crippen LogP) is 2.93. The van der Waals surface area contributed by atoms with Crippen LogP contribution in [0, 0.1) is 6.92 Å². The molecule has 0 aromatic heterocycles. The van der Waals surface area contributed by atoms with Crippen molar-refractivity contribution in [1.29, 1.82) is 0 Å². The summed E-state index contributed by atoms with van der Waals surface area (Å²) in [4.78, 5) is 12.3. The van der Waals surface area contributed by atoms with Crippen LogP contribution in [0.5, 0.6) is 11.5 Å². The standard InChI is InChI=1S/C17H18O4/c1-11-4-6-12(7-5-11)16(18)17(19)13-8-14(20-2)10-15(9-13)21-3/h4-10,17,19H,1-3H3. The van der Waals surface area contributed by atoms with Crippen molar-refractivity contribution in [2.24, 2.45) is 0 Å². The van der Waals surface area contributed by atoms with Crippen molar-refractivity contribution in [3.63, 3.8) is 0 Å². The van der Waals surface area contributed by atoms with Crippen molar-refractivity contribution >= 4 is 5.78 Å². The summed E-state index contributed by atoms with van der Waals surface area (Å²) in [6, 6.07) is 12.0. The van der Waals surface area contributed by atoms with E-state index in [1.165, 1.54) is 14.2 Å². The Morgan fingerprint density at radius 3 is 2.00 bits per heavy atom. The number of methoxy groups -OCH3 is 2.